The molecule has 1 heterocycles. The van der Waals surface area contributed by atoms with Gasteiger partial charge in [-0.15, -0.1) is 0 Å². The van der Waals surface area contributed by atoms with Gasteiger partial charge >= 0.3 is 12.1 Å². The Morgan fingerprint density at radius 2 is 2.00 bits per heavy atom. The smallest absolute Gasteiger partial charge is 0.436 e. The monoisotopic (exact) mass is 301 g/mol. The van der Waals surface area contributed by atoms with Gasteiger partial charge in [0.2, 0.25) is 0 Å². The van der Waals surface area contributed by atoms with Crippen molar-refractivity contribution in [3.63, 3.8) is 0 Å². The zero-order valence-corrected chi connectivity index (χ0v) is 10.1. The lowest BCUT2D eigenvalue weighted by molar-refractivity contribution is -0.144. The van der Waals surface area contributed by atoms with Gasteiger partial charge in [-0.2, -0.15) is 13.2 Å². The van der Waals surface area contributed by atoms with Crippen LogP contribution in [0.25, 0.3) is 0 Å². The van der Waals surface area contributed by atoms with Crippen LogP contribution in [0.2, 0.25) is 0 Å². The molecule has 0 saturated carbocycles. The Balaban J connectivity index is 3.27. The van der Waals surface area contributed by atoms with Crippen molar-refractivity contribution < 1.29 is 35.9 Å². The molecule has 0 atom stereocenters. The Bertz CT molecular complexity index is 500. The van der Waals surface area contributed by atoms with E-state index in [0.29, 0.717) is 6.20 Å². The van der Waals surface area contributed by atoms with Crippen molar-refractivity contribution in [2.75, 3.05) is 6.61 Å². The number of carbonyl (C=O) groups excluding carboxylic acids is 1. The average molecular weight is 301 g/mol. The van der Waals surface area contributed by atoms with Gasteiger partial charge in [0, 0.05) is 6.20 Å². The van der Waals surface area contributed by atoms with Crippen LogP contribution in [0.1, 0.15) is 30.2 Å². The van der Waals surface area contributed by atoms with Crippen molar-refractivity contribution >= 4 is 5.97 Å². The van der Waals surface area contributed by atoms with Gasteiger partial charge in [0.25, 0.3) is 6.43 Å². The summed E-state index contributed by atoms with van der Waals surface area (Å²) >= 11 is 0. The molecule has 20 heavy (non-hydrogen) atoms. The second kappa shape index (κ2) is 6.10. The third-order valence-electron chi connectivity index (χ3n) is 2.27. The lowest BCUT2D eigenvalue weighted by Crippen LogP contribution is -2.17. The summed E-state index contributed by atoms with van der Waals surface area (Å²) in [6, 6.07) is 0. The lowest BCUT2D eigenvalue weighted by Gasteiger charge is -2.13. The maximum absolute atomic E-state index is 13.5. The number of halogens is 6. The largest absolute Gasteiger partial charge is 0.466 e. The number of pyridine rings is 1. The molecule has 1 aromatic heterocycles. The number of esters is 1. The summed E-state index contributed by atoms with van der Waals surface area (Å²) in [7, 11) is 0. The highest BCUT2D eigenvalue weighted by Gasteiger charge is 2.39. The van der Waals surface area contributed by atoms with E-state index in [-0.39, 0.29) is 6.61 Å². The topological polar surface area (TPSA) is 39.2 Å². The molecule has 0 spiro atoms. The van der Waals surface area contributed by atoms with Gasteiger partial charge < -0.3 is 4.74 Å². The van der Waals surface area contributed by atoms with Crippen LogP contribution in [0.5, 0.6) is 0 Å². The Morgan fingerprint density at radius 3 is 2.45 bits per heavy atom. The van der Waals surface area contributed by atoms with Crippen molar-refractivity contribution in [1.29, 1.82) is 0 Å². The molecule has 0 N–H and O–H groups in total. The van der Waals surface area contributed by atoms with Crippen molar-refractivity contribution in [2.45, 2.75) is 25.9 Å². The van der Waals surface area contributed by atoms with E-state index in [4.69, 9.17) is 0 Å². The summed E-state index contributed by atoms with van der Waals surface area (Å²) < 4.78 is 80.5. The van der Waals surface area contributed by atoms with Crippen LogP contribution in [0, 0.1) is 5.82 Å². The zero-order chi connectivity index (χ0) is 15.5. The highest BCUT2D eigenvalue weighted by molar-refractivity contribution is 5.73. The van der Waals surface area contributed by atoms with E-state index in [0.717, 1.165) is 0 Å². The van der Waals surface area contributed by atoms with E-state index in [1.807, 2.05) is 0 Å². The fraction of sp³-hybridized carbons (Fsp3) is 0.455. The summed E-state index contributed by atoms with van der Waals surface area (Å²) in [6.45, 7) is 1.41. The number of aromatic nitrogens is 1. The van der Waals surface area contributed by atoms with E-state index in [1.54, 1.807) is 0 Å². The first-order chi connectivity index (χ1) is 9.18. The maximum Gasteiger partial charge on any atom is 0.436 e. The molecule has 0 fully saturated rings. The number of hydrogen-bond donors (Lipinski definition) is 0. The standard InChI is InChI=1S/C11H9F6NO2/c1-2-20-6(19)3-5-4-18-9(11(15,16)17)8(12)7(5)10(13)14/h4,10H,2-3H2,1H3. The number of hydrogen-bond acceptors (Lipinski definition) is 3. The first-order valence-electron chi connectivity index (χ1n) is 5.36. The summed E-state index contributed by atoms with van der Waals surface area (Å²) in [6.07, 6.45) is -9.08. The first kappa shape index (κ1) is 16.3. The highest BCUT2D eigenvalue weighted by atomic mass is 19.4. The molecule has 0 aliphatic rings. The Morgan fingerprint density at radius 1 is 1.40 bits per heavy atom. The van der Waals surface area contributed by atoms with Crippen molar-refractivity contribution in [3.8, 4) is 0 Å². The van der Waals surface area contributed by atoms with Crippen LogP contribution < -0.4 is 0 Å². The van der Waals surface area contributed by atoms with Gasteiger partial charge in [-0.3, -0.25) is 4.79 Å². The van der Waals surface area contributed by atoms with Gasteiger partial charge in [0.05, 0.1) is 18.6 Å². The third kappa shape index (κ3) is 3.61. The summed E-state index contributed by atoms with van der Waals surface area (Å²) in [4.78, 5) is 13.9. The van der Waals surface area contributed by atoms with E-state index >= 15 is 0 Å². The number of nitrogens with zero attached hydrogens (tertiary/aromatic N) is 1. The van der Waals surface area contributed by atoms with Crippen molar-refractivity contribution in [1.82, 2.24) is 4.98 Å². The van der Waals surface area contributed by atoms with Gasteiger partial charge in [-0.25, -0.2) is 18.2 Å². The first-order valence-corrected chi connectivity index (χ1v) is 5.36. The molecule has 1 rings (SSSR count). The predicted octanol–water partition coefficient (Wildman–Crippen LogP) is 3.28. The van der Waals surface area contributed by atoms with Crippen molar-refractivity contribution in [3.05, 3.63) is 28.8 Å². The van der Waals surface area contributed by atoms with Crippen LogP contribution in [0.15, 0.2) is 6.20 Å². The van der Waals surface area contributed by atoms with Gasteiger partial charge in [-0.1, -0.05) is 0 Å². The van der Waals surface area contributed by atoms with E-state index in [1.165, 1.54) is 6.92 Å². The molecule has 0 radical (unpaired) electrons. The van der Waals surface area contributed by atoms with E-state index in [2.05, 4.69) is 9.72 Å². The van der Waals surface area contributed by atoms with Crippen LogP contribution >= 0.6 is 0 Å². The van der Waals surface area contributed by atoms with Gasteiger partial charge in [0.15, 0.2) is 11.5 Å². The fourth-order valence-electron chi connectivity index (χ4n) is 1.48. The van der Waals surface area contributed by atoms with Crippen LogP contribution in [-0.2, 0) is 22.1 Å². The molecule has 0 saturated heterocycles. The average Bonchev–Trinajstić information content (AvgIpc) is 2.26. The SMILES string of the molecule is CCOC(=O)Cc1cnc(C(F)(F)F)c(F)c1C(F)F. The predicted molar refractivity (Wildman–Crippen MR) is 54.5 cm³/mol. The number of rotatable bonds is 4. The minimum Gasteiger partial charge on any atom is -0.466 e. The van der Waals surface area contributed by atoms with E-state index < -0.39 is 47.6 Å². The molecule has 0 aliphatic heterocycles. The summed E-state index contributed by atoms with van der Waals surface area (Å²) in [5.41, 5.74) is -4.16. The van der Waals surface area contributed by atoms with Crippen molar-refractivity contribution in [2.24, 2.45) is 0 Å². The van der Waals surface area contributed by atoms with Crippen LogP contribution in [0.3, 0.4) is 0 Å². The molecule has 3 nitrogen and oxygen atoms in total. The Labute approximate surface area is 109 Å². The Kier molecular flexibility index (Phi) is 4.96. The molecule has 0 unspecified atom stereocenters. The quantitative estimate of drug-likeness (QED) is 0.633. The molecule has 1 aromatic rings. The molecule has 0 aromatic carbocycles. The molecule has 112 valence electrons. The Hall–Kier alpha value is -1.80. The van der Waals surface area contributed by atoms with Gasteiger partial charge in [0.1, 0.15) is 0 Å². The molecular formula is C11H9F6NO2. The molecular weight excluding hydrogens is 292 g/mol. The maximum atomic E-state index is 13.5. The molecule has 0 bridgehead atoms. The summed E-state index contributed by atoms with van der Waals surface area (Å²) in [5, 5.41) is 0. The number of ether oxygens (including phenoxy) is 1. The second-order valence-corrected chi connectivity index (χ2v) is 3.64. The highest BCUT2D eigenvalue weighted by Crippen LogP contribution is 2.35. The minimum atomic E-state index is -5.20. The normalized spacial score (nSPS) is 11.8. The van der Waals surface area contributed by atoms with Gasteiger partial charge in [-0.05, 0) is 12.5 Å². The number of alkyl halides is 5. The molecule has 0 aliphatic carbocycles. The number of carbonyl (C=O) groups is 1. The second-order valence-electron chi connectivity index (χ2n) is 3.64. The fourth-order valence-corrected chi connectivity index (χ4v) is 1.48. The molecule has 9 heteroatoms. The van der Waals surface area contributed by atoms with E-state index in [9.17, 15) is 31.1 Å². The molecule has 0 amide bonds. The zero-order valence-electron chi connectivity index (χ0n) is 10.1. The minimum absolute atomic E-state index is 0.0423. The lowest BCUT2D eigenvalue weighted by atomic mass is 10.1. The van der Waals surface area contributed by atoms with Crippen LogP contribution in [-0.4, -0.2) is 17.6 Å². The third-order valence-corrected chi connectivity index (χ3v) is 2.27. The summed E-state index contributed by atoms with van der Waals surface area (Å²) in [5.74, 6) is -3.13. The van der Waals surface area contributed by atoms with Crippen LogP contribution in [0.4, 0.5) is 26.3 Å².